The quantitative estimate of drug-likeness (QED) is 0.121. The number of aryl methyl sites for hydroxylation is 2. The fraction of sp³-hybridized carbons (Fsp3) is 0.0741. The molecule has 0 unspecified atom stereocenters. The molecule has 0 N–H and O–H groups in total. The molecule has 0 amide bonds. The first-order chi connectivity index (χ1) is 27.3. The molecule has 7 aromatic rings. The molecule has 1 aliphatic rings. The summed E-state index contributed by atoms with van der Waals surface area (Å²) in [5, 5.41) is 0. The van der Waals surface area contributed by atoms with Gasteiger partial charge in [-0.3, -0.25) is 0 Å². The van der Waals surface area contributed by atoms with Crippen molar-refractivity contribution in [2.24, 2.45) is 0 Å². The average Bonchev–Trinajstić information content (AvgIpc) is 3.26. The molecule has 0 aromatic heterocycles. The second kappa shape index (κ2) is 17.4. The highest BCUT2D eigenvalue weighted by atomic mass is 15.1. The summed E-state index contributed by atoms with van der Waals surface area (Å²) in [6, 6.07) is 67.3. The van der Waals surface area contributed by atoms with E-state index in [0.717, 1.165) is 28.9 Å². The molecule has 1 nitrogen and oxygen atoms in total. The first-order valence-corrected chi connectivity index (χ1v) is 19.4. The maximum atomic E-state index is 2.41. The lowest BCUT2D eigenvalue weighted by Gasteiger charge is -2.27. The van der Waals surface area contributed by atoms with Crippen molar-refractivity contribution >= 4 is 40.4 Å². The van der Waals surface area contributed by atoms with E-state index in [-0.39, 0.29) is 0 Å². The van der Waals surface area contributed by atoms with Crippen molar-refractivity contribution in [1.82, 2.24) is 0 Å². The number of hydrogen-bond acceptors (Lipinski definition) is 1. The van der Waals surface area contributed by atoms with Crippen LogP contribution in [0.1, 0.15) is 57.3 Å². The molecule has 7 aromatic carbocycles. The van der Waals surface area contributed by atoms with Gasteiger partial charge in [0.25, 0.3) is 0 Å². The molecule has 0 spiro atoms. The zero-order valence-corrected chi connectivity index (χ0v) is 31.1. The monoisotopic (exact) mass is 707 g/mol. The molecule has 0 bridgehead atoms. The molecule has 0 saturated heterocycles. The highest BCUT2D eigenvalue weighted by Gasteiger charge is 2.16. The van der Waals surface area contributed by atoms with Crippen molar-refractivity contribution in [2.45, 2.75) is 25.7 Å². The fourth-order valence-electron chi connectivity index (χ4n) is 7.48. The largest absolute Gasteiger partial charge is 0.310 e. The van der Waals surface area contributed by atoms with Gasteiger partial charge in [-0.15, -0.1) is 0 Å². The van der Waals surface area contributed by atoms with Crippen LogP contribution in [0, 0.1) is 0 Å². The van der Waals surface area contributed by atoms with Gasteiger partial charge in [-0.25, -0.2) is 0 Å². The Hall–Kier alpha value is -6.70. The van der Waals surface area contributed by atoms with Crippen LogP contribution in [0.2, 0.25) is 0 Å². The van der Waals surface area contributed by atoms with Gasteiger partial charge in [0, 0.05) is 17.1 Å². The summed E-state index contributed by atoms with van der Waals surface area (Å²) in [6.45, 7) is 0. The first-order valence-electron chi connectivity index (χ1n) is 19.4. The van der Waals surface area contributed by atoms with Crippen LogP contribution in [-0.2, 0) is 12.8 Å². The highest BCUT2D eigenvalue weighted by Crippen LogP contribution is 2.37. The lowest BCUT2D eigenvalue weighted by Crippen LogP contribution is -2.12. The van der Waals surface area contributed by atoms with Gasteiger partial charge in [-0.1, -0.05) is 188 Å². The molecule has 266 valence electrons. The summed E-state index contributed by atoms with van der Waals surface area (Å²) in [6.07, 6.45) is 18.0. The summed E-state index contributed by atoms with van der Waals surface area (Å²) in [7, 11) is 0. The Morgan fingerprint density at radius 1 is 0.364 bits per heavy atom. The summed E-state index contributed by atoms with van der Waals surface area (Å²) in [5.41, 5.74) is 16.0. The molecule has 0 radical (unpaired) electrons. The number of allylic oxidation sites excluding steroid dienone is 4. The minimum absolute atomic E-state index is 1.14. The first kappa shape index (κ1) is 35.3. The minimum atomic E-state index is 1.14. The zero-order valence-electron chi connectivity index (χ0n) is 31.1. The molecule has 55 heavy (non-hydrogen) atoms. The lowest BCUT2D eigenvalue weighted by molar-refractivity contribution is 0.685. The molecule has 0 saturated carbocycles. The topological polar surface area (TPSA) is 3.24 Å². The summed E-state index contributed by atoms with van der Waals surface area (Å²) < 4.78 is 0. The van der Waals surface area contributed by atoms with E-state index in [2.05, 4.69) is 229 Å². The summed E-state index contributed by atoms with van der Waals surface area (Å²) in [4.78, 5) is 2.39. The molecular formula is C54H45N. The molecular weight excluding hydrogens is 663 g/mol. The zero-order chi connectivity index (χ0) is 37.1. The maximum Gasteiger partial charge on any atom is 0.0464 e. The van der Waals surface area contributed by atoms with Gasteiger partial charge in [0.15, 0.2) is 0 Å². The molecule has 0 aliphatic heterocycles. The smallest absolute Gasteiger partial charge is 0.0464 e. The van der Waals surface area contributed by atoms with Crippen LogP contribution < -0.4 is 4.90 Å². The molecule has 0 atom stereocenters. The van der Waals surface area contributed by atoms with Gasteiger partial charge >= 0.3 is 0 Å². The van der Waals surface area contributed by atoms with Crippen molar-refractivity contribution < 1.29 is 0 Å². The van der Waals surface area contributed by atoms with Crippen molar-refractivity contribution in [1.29, 1.82) is 0 Å². The van der Waals surface area contributed by atoms with Crippen LogP contribution in [0.25, 0.3) is 23.3 Å². The standard InChI is InChI=1S/C54H45N/c1-5-20-45(21-6-1)53(46-22-7-2-8-23-46)29-15-17-42-31-36-50(37-32-42)55(52-40-35-44-19-13-14-28-49(44)41-52)51-38-33-43(34-39-51)18-16-30-54(47-24-9-3-10-25-47)48-26-11-4-12-27-48/h1-12,15-18,20-27,29-41H,13-14,19,28H2. The van der Waals surface area contributed by atoms with Crippen LogP contribution in [0.15, 0.2) is 212 Å². The van der Waals surface area contributed by atoms with E-state index in [9.17, 15) is 0 Å². The third-order valence-corrected chi connectivity index (χ3v) is 10.3. The number of hydrogen-bond donors (Lipinski definition) is 0. The SMILES string of the molecule is C(=Cc1ccc(N(c2ccc(C=CC=C(c3ccccc3)c3ccccc3)cc2)c2ccc3c(c2)CCCC3)cc1)C=C(c1ccccc1)c1ccccc1. The van der Waals surface area contributed by atoms with Crippen molar-refractivity contribution in [3.63, 3.8) is 0 Å². The number of fused-ring (bicyclic) bond motifs is 1. The lowest BCUT2D eigenvalue weighted by atomic mass is 9.91. The van der Waals surface area contributed by atoms with Gasteiger partial charge in [-0.05, 0) is 118 Å². The normalized spacial score (nSPS) is 12.3. The van der Waals surface area contributed by atoms with E-state index in [1.807, 2.05) is 0 Å². The Morgan fingerprint density at radius 3 is 1.13 bits per heavy atom. The Kier molecular flexibility index (Phi) is 11.2. The Bertz CT molecular complexity index is 2190. The Balaban J connectivity index is 1.07. The number of rotatable bonds is 11. The molecule has 1 heteroatoms. The van der Waals surface area contributed by atoms with Crippen LogP contribution in [0.4, 0.5) is 17.1 Å². The van der Waals surface area contributed by atoms with Gasteiger partial charge in [0.1, 0.15) is 0 Å². The minimum Gasteiger partial charge on any atom is -0.310 e. The molecule has 0 heterocycles. The van der Waals surface area contributed by atoms with Gasteiger partial charge in [0.05, 0.1) is 0 Å². The van der Waals surface area contributed by atoms with Crippen LogP contribution in [0.3, 0.4) is 0 Å². The second-order valence-electron chi connectivity index (χ2n) is 14.0. The summed E-state index contributed by atoms with van der Waals surface area (Å²) in [5.74, 6) is 0. The van der Waals surface area contributed by atoms with E-state index in [0.29, 0.717) is 0 Å². The van der Waals surface area contributed by atoms with Crippen molar-refractivity contribution in [3.05, 3.63) is 257 Å². The van der Waals surface area contributed by atoms with Gasteiger partial charge in [-0.2, -0.15) is 0 Å². The molecule has 1 aliphatic carbocycles. The van der Waals surface area contributed by atoms with E-state index >= 15 is 0 Å². The van der Waals surface area contributed by atoms with Crippen LogP contribution >= 0.6 is 0 Å². The van der Waals surface area contributed by atoms with E-state index in [1.54, 1.807) is 0 Å². The predicted octanol–water partition coefficient (Wildman–Crippen LogP) is 14.3. The average molecular weight is 708 g/mol. The maximum absolute atomic E-state index is 2.41. The van der Waals surface area contributed by atoms with Crippen LogP contribution in [0.5, 0.6) is 0 Å². The second-order valence-corrected chi connectivity index (χ2v) is 14.0. The van der Waals surface area contributed by atoms with E-state index < -0.39 is 0 Å². The molecule has 8 rings (SSSR count). The fourth-order valence-corrected chi connectivity index (χ4v) is 7.48. The van der Waals surface area contributed by atoms with E-state index in [1.165, 1.54) is 69.5 Å². The van der Waals surface area contributed by atoms with Crippen molar-refractivity contribution in [3.8, 4) is 0 Å². The van der Waals surface area contributed by atoms with Gasteiger partial charge in [0.2, 0.25) is 0 Å². The number of benzene rings is 7. The van der Waals surface area contributed by atoms with Crippen molar-refractivity contribution in [2.75, 3.05) is 4.90 Å². The third kappa shape index (κ3) is 8.75. The van der Waals surface area contributed by atoms with Crippen LogP contribution in [-0.4, -0.2) is 0 Å². The predicted molar refractivity (Wildman–Crippen MR) is 236 cm³/mol. The molecule has 0 fully saturated rings. The van der Waals surface area contributed by atoms with Gasteiger partial charge < -0.3 is 4.90 Å². The van der Waals surface area contributed by atoms with E-state index in [4.69, 9.17) is 0 Å². The summed E-state index contributed by atoms with van der Waals surface area (Å²) >= 11 is 0. The Labute approximate surface area is 326 Å². The third-order valence-electron chi connectivity index (χ3n) is 10.3. The number of nitrogens with zero attached hydrogens (tertiary/aromatic N) is 1. The number of anilines is 3. The highest BCUT2D eigenvalue weighted by molar-refractivity contribution is 5.83. The Morgan fingerprint density at radius 2 is 0.727 bits per heavy atom.